The summed E-state index contributed by atoms with van der Waals surface area (Å²) in [6.07, 6.45) is 34.8. The highest BCUT2D eigenvalue weighted by Crippen LogP contribution is 2.83. The summed E-state index contributed by atoms with van der Waals surface area (Å²) in [6.45, 7) is 23.8. The highest BCUT2D eigenvalue weighted by Gasteiger charge is 2.78. The van der Waals surface area contributed by atoms with Crippen LogP contribution in [0.4, 0.5) is 0 Å². The van der Waals surface area contributed by atoms with Crippen molar-refractivity contribution < 1.29 is 5.11 Å². The summed E-state index contributed by atoms with van der Waals surface area (Å²) in [5.41, 5.74) is 2.13. The van der Waals surface area contributed by atoms with Gasteiger partial charge in [0.15, 0.2) is 0 Å². The molecule has 0 aromatic heterocycles. The molecule has 3 rings (SSSR count). The molecule has 270 valence electrons. The standard InChI is InChI=1S/C31H63NO.C13H20/c1-4-6-8-10-12-14-17-21-25-31(3)26-22-18-16-20-24-28-32(29-30-33)27-23-19-15-13-11-9-7-5-2;1-5-6-13(4)11-7(2)9-8(3)12(13)10(9)11/h33H,3-30H2,1-2H3;5,7-12H,1,6H2,2-4H3. The van der Waals surface area contributed by atoms with Crippen molar-refractivity contribution in [1.29, 1.82) is 0 Å². The zero-order valence-corrected chi connectivity index (χ0v) is 32.1. The number of nitrogens with zero attached hydrogens (tertiary/aromatic N) is 1. The molecule has 3 fully saturated rings. The van der Waals surface area contributed by atoms with E-state index < -0.39 is 0 Å². The van der Waals surface area contributed by atoms with Crippen molar-refractivity contribution in [2.45, 2.75) is 189 Å². The van der Waals surface area contributed by atoms with Gasteiger partial charge in [-0.1, -0.05) is 162 Å². The van der Waals surface area contributed by atoms with Gasteiger partial charge in [-0.2, -0.15) is 0 Å². The van der Waals surface area contributed by atoms with Gasteiger partial charge in [0.05, 0.1) is 6.61 Å². The number of aliphatic hydroxyl groups excluding tert-OH is 1. The van der Waals surface area contributed by atoms with Crippen LogP contribution >= 0.6 is 0 Å². The average Bonchev–Trinajstić information content (AvgIpc) is 3.02. The smallest absolute Gasteiger partial charge is 0.0558 e. The minimum Gasteiger partial charge on any atom is -0.395 e. The van der Waals surface area contributed by atoms with E-state index in [1.807, 2.05) is 0 Å². The maximum Gasteiger partial charge on any atom is 0.0558 e. The van der Waals surface area contributed by atoms with Gasteiger partial charge in [0.2, 0.25) is 0 Å². The summed E-state index contributed by atoms with van der Waals surface area (Å²) >= 11 is 0. The predicted molar refractivity (Wildman–Crippen MR) is 205 cm³/mol. The zero-order valence-electron chi connectivity index (χ0n) is 32.1. The van der Waals surface area contributed by atoms with E-state index >= 15 is 0 Å². The van der Waals surface area contributed by atoms with Gasteiger partial charge in [-0.05, 0) is 99.0 Å². The van der Waals surface area contributed by atoms with E-state index in [0.29, 0.717) is 12.0 Å². The fraction of sp³-hybridized carbons (Fsp3) is 0.909. The quantitative estimate of drug-likeness (QED) is 0.0623. The highest BCUT2D eigenvalue weighted by atomic mass is 16.3. The summed E-state index contributed by atoms with van der Waals surface area (Å²) in [7, 11) is 0. The lowest BCUT2D eigenvalue weighted by Gasteiger charge is -2.84. The minimum absolute atomic E-state index is 0.304. The molecule has 2 heteroatoms. The predicted octanol–water partition coefficient (Wildman–Crippen LogP) is 13.2. The number of allylic oxidation sites excluding steroid dienone is 2. The number of aliphatic hydroxyl groups is 1. The van der Waals surface area contributed by atoms with Crippen LogP contribution in [0.3, 0.4) is 0 Å². The van der Waals surface area contributed by atoms with Gasteiger partial charge < -0.3 is 10.0 Å². The Morgan fingerprint density at radius 2 is 1.00 bits per heavy atom. The van der Waals surface area contributed by atoms with Gasteiger partial charge in [-0.25, -0.2) is 0 Å². The molecule has 0 heterocycles. The Hall–Kier alpha value is -0.600. The van der Waals surface area contributed by atoms with Crippen LogP contribution in [0, 0.1) is 40.9 Å². The molecule has 3 saturated carbocycles. The third-order valence-electron chi connectivity index (χ3n) is 12.9. The molecule has 4 atom stereocenters. The van der Waals surface area contributed by atoms with E-state index in [0.717, 1.165) is 42.1 Å². The van der Waals surface area contributed by atoms with Crippen LogP contribution in [0.15, 0.2) is 24.8 Å². The Bertz CT molecular complexity index is 745. The normalized spacial score (nSPS) is 27.2. The summed E-state index contributed by atoms with van der Waals surface area (Å²) < 4.78 is 0. The molecular weight excluding hydrogens is 558 g/mol. The molecule has 3 aliphatic carbocycles. The largest absolute Gasteiger partial charge is 0.395 e. The Morgan fingerprint density at radius 1 is 0.609 bits per heavy atom. The van der Waals surface area contributed by atoms with Crippen molar-refractivity contribution in [3.05, 3.63) is 24.8 Å². The van der Waals surface area contributed by atoms with Crippen molar-refractivity contribution in [3.63, 3.8) is 0 Å². The lowest BCUT2D eigenvalue weighted by molar-refractivity contribution is -0.368. The molecule has 0 bridgehead atoms. The van der Waals surface area contributed by atoms with Crippen molar-refractivity contribution in [2.24, 2.45) is 40.9 Å². The van der Waals surface area contributed by atoms with Crippen LogP contribution in [0.2, 0.25) is 0 Å². The fourth-order valence-corrected chi connectivity index (χ4v) is 10.4. The van der Waals surface area contributed by atoms with E-state index in [2.05, 4.69) is 58.8 Å². The van der Waals surface area contributed by atoms with Gasteiger partial charge in [-0.3, -0.25) is 0 Å². The van der Waals surface area contributed by atoms with Crippen LogP contribution in [-0.4, -0.2) is 36.2 Å². The van der Waals surface area contributed by atoms with Gasteiger partial charge in [-0.15, -0.1) is 6.58 Å². The SMILES string of the molecule is C=C(CCCCCCCCCC)CCCCCCCN(CCO)CCCCCCCCCC.C=CCC1(C)C2C(C)C3C(C)C1C32. The third-order valence-corrected chi connectivity index (χ3v) is 12.9. The van der Waals surface area contributed by atoms with Gasteiger partial charge in [0.25, 0.3) is 0 Å². The molecule has 4 unspecified atom stereocenters. The number of hydrogen-bond acceptors (Lipinski definition) is 2. The minimum atomic E-state index is 0.304. The molecular formula is C44H83NO. The van der Waals surface area contributed by atoms with Crippen molar-refractivity contribution in [1.82, 2.24) is 4.90 Å². The Labute approximate surface area is 290 Å². The molecule has 0 amide bonds. The average molecular weight is 642 g/mol. The van der Waals surface area contributed by atoms with Crippen molar-refractivity contribution in [2.75, 3.05) is 26.2 Å². The van der Waals surface area contributed by atoms with E-state index in [1.54, 1.807) is 0 Å². The maximum absolute atomic E-state index is 9.37. The summed E-state index contributed by atoms with van der Waals surface area (Å²) in [5.74, 6) is 6.36. The molecule has 0 aromatic carbocycles. The first-order valence-electron chi connectivity index (χ1n) is 21.0. The molecule has 0 saturated heterocycles. The molecule has 1 N–H and O–H groups in total. The lowest BCUT2D eigenvalue weighted by Crippen LogP contribution is -2.80. The second-order valence-electron chi connectivity index (χ2n) is 16.5. The molecule has 3 aliphatic rings. The Morgan fingerprint density at radius 3 is 1.37 bits per heavy atom. The van der Waals surface area contributed by atoms with Crippen LogP contribution in [0.1, 0.15) is 189 Å². The Balaban J connectivity index is 0.000000457. The second kappa shape index (κ2) is 24.5. The van der Waals surface area contributed by atoms with Crippen LogP contribution in [-0.2, 0) is 0 Å². The maximum atomic E-state index is 9.37. The number of rotatable bonds is 30. The number of unbranched alkanes of at least 4 members (excludes halogenated alkanes) is 18. The molecule has 0 radical (unpaired) electrons. The summed E-state index contributed by atoms with van der Waals surface area (Å²) in [6, 6.07) is 0. The topological polar surface area (TPSA) is 23.5 Å². The van der Waals surface area contributed by atoms with Gasteiger partial charge >= 0.3 is 0 Å². The molecule has 2 nitrogen and oxygen atoms in total. The molecule has 0 spiro atoms. The molecule has 46 heavy (non-hydrogen) atoms. The zero-order chi connectivity index (χ0) is 33.6. The fourth-order valence-electron chi connectivity index (χ4n) is 10.4. The number of hydrogen-bond donors (Lipinski definition) is 1. The van der Waals surface area contributed by atoms with E-state index in [4.69, 9.17) is 0 Å². The van der Waals surface area contributed by atoms with Crippen LogP contribution in [0.5, 0.6) is 0 Å². The van der Waals surface area contributed by atoms with Crippen LogP contribution < -0.4 is 0 Å². The first kappa shape index (κ1) is 41.6. The van der Waals surface area contributed by atoms with E-state index in [1.165, 1.54) is 173 Å². The second-order valence-corrected chi connectivity index (χ2v) is 16.5. The van der Waals surface area contributed by atoms with Crippen molar-refractivity contribution in [3.8, 4) is 0 Å². The monoisotopic (exact) mass is 642 g/mol. The summed E-state index contributed by atoms with van der Waals surface area (Å²) in [4.78, 5) is 2.49. The van der Waals surface area contributed by atoms with E-state index in [9.17, 15) is 5.11 Å². The van der Waals surface area contributed by atoms with E-state index in [-0.39, 0.29) is 0 Å². The Kier molecular flexibility index (Phi) is 22.2. The molecule has 0 aliphatic heterocycles. The van der Waals surface area contributed by atoms with Gasteiger partial charge in [0.1, 0.15) is 0 Å². The molecule has 0 aromatic rings. The first-order chi connectivity index (χ1) is 22.4. The third kappa shape index (κ3) is 13.4. The highest BCUT2D eigenvalue weighted by molar-refractivity contribution is 5.26. The first-order valence-corrected chi connectivity index (χ1v) is 21.0. The van der Waals surface area contributed by atoms with Crippen LogP contribution in [0.25, 0.3) is 0 Å². The van der Waals surface area contributed by atoms with Gasteiger partial charge in [0, 0.05) is 6.54 Å². The van der Waals surface area contributed by atoms with Crippen molar-refractivity contribution >= 4 is 0 Å². The lowest BCUT2D eigenvalue weighted by atomic mass is 9.20. The summed E-state index contributed by atoms with van der Waals surface area (Å²) in [5, 5.41) is 9.37.